The molecular formula is C13H18ClN3O2. The van der Waals surface area contributed by atoms with Gasteiger partial charge in [-0.05, 0) is 26.1 Å². The third-order valence-electron chi connectivity index (χ3n) is 3.02. The molecule has 0 bridgehead atoms. The number of aromatic nitrogens is 1. The van der Waals surface area contributed by atoms with E-state index in [0.29, 0.717) is 23.9 Å². The largest absolute Gasteiger partial charge is 0.374 e. The van der Waals surface area contributed by atoms with Crippen molar-refractivity contribution in [1.29, 1.82) is 0 Å². The van der Waals surface area contributed by atoms with Gasteiger partial charge in [0.2, 0.25) is 0 Å². The van der Waals surface area contributed by atoms with Crippen molar-refractivity contribution in [2.45, 2.75) is 13.0 Å². The fourth-order valence-electron chi connectivity index (χ4n) is 2.06. The van der Waals surface area contributed by atoms with E-state index in [0.717, 1.165) is 18.8 Å². The summed E-state index contributed by atoms with van der Waals surface area (Å²) >= 11 is 5.84. The van der Waals surface area contributed by atoms with Crippen LogP contribution in [0.15, 0.2) is 12.1 Å². The molecule has 1 fully saturated rings. The van der Waals surface area contributed by atoms with Crippen LogP contribution in [0.2, 0.25) is 5.15 Å². The maximum Gasteiger partial charge on any atom is 0.251 e. The molecular weight excluding hydrogens is 266 g/mol. The predicted octanol–water partition coefficient (Wildman–Crippen LogP) is 1.10. The summed E-state index contributed by atoms with van der Waals surface area (Å²) in [5.41, 5.74) is 1.26. The number of ether oxygens (including phenoxy) is 1. The Labute approximate surface area is 117 Å². The molecule has 1 aromatic heterocycles. The summed E-state index contributed by atoms with van der Waals surface area (Å²) in [6.07, 6.45) is 0.0427. The van der Waals surface area contributed by atoms with Crippen molar-refractivity contribution in [1.82, 2.24) is 15.2 Å². The van der Waals surface area contributed by atoms with Gasteiger partial charge in [-0.15, -0.1) is 0 Å². The maximum absolute atomic E-state index is 12.0. The number of amides is 1. The van der Waals surface area contributed by atoms with Crippen molar-refractivity contribution < 1.29 is 9.53 Å². The third kappa shape index (κ3) is 4.16. The Morgan fingerprint density at radius 2 is 2.42 bits per heavy atom. The molecule has 0 radical (unpaired) electrons. The number of nitrogens with one attached hydrogen (secondary N) is 1. The molecule has 5 nitrogen and oxygen atoms in total. The Morgan fingerprint density at radius 3 is 3.11 bits per heavy atom. The minimum Gasteiger partial charge on any atom is -0.374 e. The van der Waals surface area contributed by atoms with Crippen LogP contribution in [0.5, 0.6) is 0 Å². The van der Waals surface area contributed by atoms with Crippen LogP contribution >= 0.6 is 11.6 Å². The van der Waals surface area contributed by atoms with E-state index in [1.54, 1.807) is 12.1 Å². The topological polar surface area (TPSA) is 54.5 Å². The number of aryl methyl sites for hydroxylation is 1. The molecule has 1 unspecified atom stereocenters. The average Bonchev–Trinajstić information content (AvgIpc) is 2.35. The number of carbonyl (C=O) groups is 1. The summed E-state index contributed by atoms with van der Waals surface area (Å²) in [6.45, 7) is 4.78. The number of likely N-dealkylation sites (N-methyl/N-ethyl adjacent to an activating group) is 1. The van der Waals surface area contributed by atoms with E-state index in [-0.39, 0.29) is 12.0 Å². The molecule has 1 aliphatic heterocycles. The van der Waals surface area contributed by atoms with E-state index in [1.807, 2.05) is 14.0 Å². The Kier molecular flexibility index (Phi) is 4.74. The van der Waals surface area contributed by atoms with Crippen molar-refractivity contribution >= 4 is 17.5 Å². The zero-order chi connectivity index (χ0) is 13.8. The van der Waals surface area contributed by atoms with E-state index in [1.165, 1.54) is 0 Å². The van der Waals surface area contributed by atoms with Crippen LogP contribution in [0.4, 0.5) is 0 Å². The highest BCUT2D eigenvalue weighted by Crippen LogP contribution is 2.10. The number of nitrogens with zero attached hydrogens (tertiary/aromatic N) is 2. The number of halogens is 1. The van der Waals surface area contributed by atoms with Gasteiger partial charge >= 0.3 is 0 Å². The van der Waals surface area contributed by atoms with Crippen LogP contribution in [-0.4, -0.2) is 55.2 Å². The molecule has 1 atom stereocenters. The summed E-state index contributed by atoms with van der Waals surface area (Å²) in [7, 11) is 2.04. The van der Waals surface area contributed by atoms with Crippen molar-refractivity contribution in [3.8, 4) is 0 Å². The maximum atomic E-state index is 12.0. The van der Waals surface area contributed by atoms with Gasteiger partial charge in [0.25, 0.3) is 5.91 Å². The molecule has 1 aromatic rings. The van der Waals surface area contributed by atoms with E-state index in [4.69, 9.17) is 16.3 Å². The lowest BCUT2D eigenvalue weighted by atomic mass is 10.2. The van der Waals surface area contributed by atoms with Crippen molar-refractivity contribution in [2.75, 3.05) is 33.3 Å². The number of morpholine rings is 1. The summed E-state index contributed by atoms with van der Waals surface area (Å²) < 4.78 is 5.59. The number of hydrogen-bond acceptors (Lipinski definition) is 4. The monoisotopic (exact) mass is 283 g/mol. The zero-order valence-corrected chi connectivity index (χ0v) is 11.9. The standard InChI is InChI=1S/C13H18ClN3O2/c1-9-5-10(6-12(14)16-9)13(18)15-7-11-8-17(2)3-4-19-11/h5-6,11H,3-4,7-8H2,1-2H3,(H,15,18). The first-order chi connectivity index (χ1) is 9.04. The van der Waals surface area contributed by atoms with Crippen LogP contribution in [0, 0.1) is 6.92 Å². The van der Waals surface area contributed by atoms with Crippen LogP contribution in [-0.2, 0) is 4.74 Å². The summed E-state index contributed by atoms with van der Waals surface area (Å²) in [4.78, 5) is 18.2. The van der Waals surface area contributed by atoms with E-state index < -0.39 is 0 Å². The van der Waals surface area contributed by atoms with Crippen molar-refractivity contribution in [2.24, 2.45) is 0 Å². The molecule has 2 heterocycles. The number of pyridine rings is 1. The van der Waals surface area contributed by atoms with Crippen molar-refractivity contribution in [3.05, 3.63) is 28.5 Å². The minimum atomic E-state index is -0.149. The molecule has 1 saturated heterocycles. The third-order valence-corrected chi connectivity index (χ3v) is 3.21. The van der Waals surface area contributed by atoms with Crippen LogP contribution in [0.3, 0.4) is 0 Å². The van der Waals surface area contributed by atoms with Crippen LogP contribution in [0.25, 0.3) is 0 Å². The lowest BCUT2D eigenvalue weighted by Crippen LogP contribution is -2.45. The highest BCUT2D eigenvalue weighted by Gasteiger charge is 2.18. The molecule has 1 amide bonds. The molecule has 0 saturated carbocycles. The molecule has 104 valence electrons. The van der Waals surface area contributed by atoms with Gasteiger partial charge in [0.05, 0.1) is 12.7 Å². The Bertz CT molecular complexity index is 447. The van der Waals surface area contributed by atoms with Gasteiger partial charge < -0.3 is 15.0 Å². The molecule has 2 rings (SSSR count). The Morgan fingerprint density at radius 1 is 1.63 bits per heavy atom. The quantitative estimate of drug-likeness (QED) is 0.844. The summed E-state index contributed by atoms with van der Waals surface area (Å²) in [5, 5.41) is 3.20. The van der Waals surface area contributed by atoms with E-state index in [9.17, 15) is 4.79 Å². The van der Waals surface area contributed by atoms with E-state index >= 15 is 0 Å². The van der Waals surface area contributed by atoms with Gasteiger partial charge in [-0.3, -0.25) is 4.79 Å². The second-order valence-corrected chi connectivity index (χ2v) is 5.17. The number of carbonyl (C=O) groups excluding carboxylic acids is 1. The Hall–Kier alpha value is -1.17. The molecule has 0 aromatic carbocycles. The predicted molar refractivity (Wildman–Crippen MR) is 73.6 cm³/mol. The first kappa shape index (κ1) is 14.2. The van der Waals surface area contributed by atoms with Gasteiger partial charge in [-0.25, -0.2) is 4.98 Å². The molecule has 1 N–H and O–H groups in total. The van der Waals surface area contributed by atoms with Crippen molar-refractivity contribution in [3.63, 3.8) is 0 Å². The van der Waals surface area contributed by atoms with E-state index in [2.05, 4.69) is 15.2 Å². The van der Waals surface area contributed by atoms with Gasteiger partial charge in [-0.1, -0.05) is 11.6 Å². The molecule has 6 heteroatoms. The fraction of sp³-hybridized carbons (Fsp3) is 0.538. The highest BCUT2D eigenvalue weighted by atomic mass is 35.5. The van der Waals surface area contributed by atoms with Gasteiger partial charge in [-0.2, -0.15) is 0 Å². The second-order valence-electron chi connectivity index (χ2n) is 4.78. The molecule has 19 heavy (non-hydrogen) atoms. The number of hydrogen-bond donors (Lipinski definition) is 1. The van der Waals surface area contributed by atoms with Gasteiger partial charge in [0.1, 0.15) is 5.15 Å². The van der Waals surface area contributed by atoms with Crippen LogP contribution < -0.4 is 5.32 Å². The normalized spacial score (nSPS) is 20.3. The first-order valence-electron chi connectivity index (χ1n) is 6.27. The fourth-order valence-corrected chi connectivity index (χ4v) is 2.31. The second kappa shape index (κ2) is 6.32. The zero-order valence-electron chi connectivity index (χ0n) is 11.1. The highest BCUT2D eigenvalue weighted by molar-refractivity contribution is 6.29. The average molecular weight is 284 g/mol. The van der Waals surface area contributed by atoms with Gasteiger partial charge in [0.15, 0.2) is 0 Å². The lowest BCUT2D eigenvalue weighted by Gasteiger charge is -2.30. The van der Waals surface area contributed by atoms with Gasteiger partial charge in [0, 0.05) is 30.9 Å². The molecule has 0 spiro atoms. The SMILES string of the molecule is Cc1cc(C(=O)NCC2CN(C)CCO2)cc(Cl)n1. The Balaban J connectivity index is 1.90. The number of rotatable bonds is 3. The lowest BCUT2D eigenvalue weighted by molar-refractivity contribution is -0.0175. The molecule has 1 aliphatic rings. The summed E-state index contributed by atoms with van der Waals surface area (Å²) in [6, 6.07) is 3.28. The smallest absolute Gasteiger partial charge is 0.251 e. The molecule has 0 aliphatic carbocycles. The minimum absolute atomic E-state index is 0.0427. The summed E-state index contributed by atoms with van der Waals surface area (Å²) in [5.74, 6) is -0.149. The first-order valence-corrected chi connectivity index (χ1v) is 6.65. The van der Waals surface area contributed by atoms with Crippen LogP contribution in [0.1, 0.15) is 16.1 Å².